The highest BCUT2D eigenvalue weighted by molar-refractivity contribution is 6.10. The summed E-state index contributed by atoms with van der Waals surface area (Å²) in [6.45, 7) is 6.47. The van der Waals surface area contributed by atoms with E-state index in [4.69, 9.17) is 14.9 Å². The molecule has 3 rings (SSSR count). The number of halogens is 3. The maximum Gasteiger partial charge on any atom is 0.433 e. The molecule has 1 aromatic rings. The topological polar surface area (TPSA) is 117 Å². The van der Waals surface area contributed by atoms with Gasteiger partial charge in [0.05, 0.1) is 18.5 Å². The molecule has 2 aliphatic rings. The van der Waals surface area contributed by atoms with Crippen molar-refractivity contribution in [3.63, 3.8) is 0 Å². The molecule has 37 heavy (non-hydrogen) atoms. The summed E-state index contributed by atoms with van der Waals surface area (Å²) in [5, 5.41) is 14.0. The third-order valence-corrected chi connectivity index (χ3v) is 5.51. The van der Waals surface area contributed by atoms with Crippen LogP contribution >= 0.6 is 0 Å². The number of likely N-dealkylation sites (tertiary alicyclic amines) is 1. The zero-order valence-corrected chi connectivity index (χ0v) is 21.0. The average molecular weight is 522 g/mol. The first-order chi connectivity index (χ1) is 17.3. The minimum atomic E-state index is -4.68. The maximum absolute atomic E-state index is 13.0. The van der Waals surface area contributed by atoms with E-state index >= 15 is 0 Å². The fourth-order valence-electron chi connectivity index (χ4n) is 3.65. The van der Waals surface area contributed by atoms with E-state index in [2.05, 4.69) is 15.6 Å². The fraction of sp³-hybridized carbons (Fsp3) is 0.440. The fourth-order valence-corrected chi connectivity index (χ4v) is 3.65. The summed E-state index contributed by atoms with van der Waals surface area (Å²) < 4.78 is 49.5. The van der Waals surface area contributed by atoms with Crippen LogP contribution < -0.4 is 10.6 Å². The molecule has 1 aromatic heterocycles. The summed E-state index contributed by atoms with van der Waals surface area (Å²) in [6.07, 6.45) is 0.831. The number of hydrogen-bond donors (Lipinski definition) is 3. The van der Waals surface area contributed by atoms with Crippen LogP contribution in [-0.4, -0.2) is 59.4 Å². The van der Waals surface area contributed by atoms with Crippen molar-refractivity contribution >= 4 is 17.7 Å². The number of hydrogen-bond acceptors (Lipinski definition) is 7. The summed E-state index contributed by atoms with van der Waals surface area (Å²) in [7, 11) is 1.35. The van der Waals surface area contributed by atoms with Gasteiger partial charge in [-0.2, -0.15) is 13.2 Å². The SMILES string of the molecule is COC1=CC(=N)/C(=C\NC2CCN(C(=O)OC(C)(C)C)CC2)C=C1NC(=O)c1cccc(C(F)(F)F)n1. The second-order valence-corrected chi connectivity index (χ2v) is 9.55. The molecule has 1 aliphatic heterocycles. The van der Waals surface area contributed by atoms with Gasteiger partial charge in [-0.25, -0.2) is 9.78 Å². The van der Waals surface area contributed by atoms with Gasteiger partial charge in [-0.3, -0.25) is 4.79 Å². The number of alkyl halides is 3. The molecule has 0 radical (unpaired) electrons. The van der Waals surface area contributed by atoms with Crippen molar-refractivity contribution in [3.8, 4) is 0 Å². The Morgan fingerprint density at radius 3 is 2.43 bits per heavy atom. The second kappa shape index (κ2) is 11.1. The lowest BCUT2D eigenvalue weighted by Gasteiger charge is -2.33. The van der Waals surface area contributed by atoms with Crippen molar-refractivity contribution in [1.82, 2.24) is 20.5 Å². The minimum absolute atomic E-state index is 0.0486. The molecule has 0 aromatic carbocycles. The normalized spacial score (nSPS) is 18.2. The molecular weight excluding hydrogens is 491 g/mol. The smallest absolute Gasteiger partial charge is 0.433 e. The van der Waals surface area contributed by atoms with Gasteiger partial charge >= 0.3 is 12.3 Å². The molecule has 2 amide bonds. The number of nitrogens with zero attached hydrogens (tertiary/aromatic N) is 2. The summed E-state index contributed by atoms with van der Waals surface area (Å²) >= 11 is 0. The van der Waals surface area contributed by atoms with Crippen molar-refractivity contribution in [3.05, 3.63) is 65.0 Å². The molecule has 200 valence electrons. The number of aromatic nitrogens is 1. The van der Waals surface area contributed by atoms with Crippen molar-refractivity contribution in [2.45, 2.75) is 51.4 Å². The number of carbonyl (C=O) groups excluding carboxylic acids is 2. The highest BCUT2D eigenvalue weighted by Crippen LogP contribution is 2.27. The first-order valence-corrected chi connectivity index (χ1v) is 11.6. The Hall–Kier alpha value is -3.83. The Labute approximate surface area is 212 Å². The van der Waals surface area contributed by atoms with Crippen LogP contribution in [0.1, 0.15) is 49.8 Å². The van der Waals surface area contributed by atoms with E-state index < -0.39 is 29.1 Å². The molecule has 12 heteroatoms. The van der Waals surface area contributed by atoms with Gasteiger partial charge in [0, 0.05) is 37.0 Å². The van der Waals surface area contributed by atoms with Crippen LogP contribution in [0.4, 0.5) is 18.0 Å². The van der Waals surface area contributed by atoms with Gasteiger partial charge < -0.3 is 30.4 Å². The molecule has 9 nitrogen and oxygen atoms in total. The highest BCUT2D eigenvalue weighted by Gasteiger charge is 2.33. The molecule has 1 saturated heterocycles. The third kappa shape index (κ3) is 7.58. The number of ether oxygens (including phenoxy) is 2. The summed E-state index contributed by atoms with van der Waals surface area (Å²) in [5.74, 6) is -0.677. The van der Waals surface area contributed by atoms with Gasteiger partial charge in [-0.15, -0.1) is 0 Å². The lowest BCUT2D eigenvalue weighted by atomic mass is 10.0. The number of pyridine rings is 1. The van der Waals surface area contributed by atoms with Gasteiger partial charge in [-0.05, 0) is 51.8 Å². The lowest BCUT2D eigenvalue weighted by Crippen LogP contribution is -2.45. The van der Waals surface area contributed by atoms with E-state index in [0.29, 0.717) is 31.5 Å². The van der Waals surface area contributed by atoms with Gasteiger partial charge in [0.2, 0.25) is 0 Å². The summed E-state index contributed by atoms with van der Waals surface area (Å²) in [6, 6.07) is 3.11. The zero-order valence-electron chi connectivity index (χ0n) is 21.0. The molecule has 0 atom stereocenters. The number of rotatable bonds is 5. The quantitative estimate of drug-likeness (QED) is 0.536. The van der Waals surface area contributed by atoms with Gasteiger partial charge in [0.25, 0.3) is 5.91 Å². The van der Waals surface area contributed by atoms with Crippen molar-refractivity contribution in [2.75, 3.05) is 20.2 Å². The molecule has 1 fully saturated rings. The number of methoxy groups -OCH3 is 1. The Kier molecular flexibility index (Phi) is 8.29. The standard InChI is InChI=1S/C25H30F3N5O4/c1-24(2,3)37-23(35)33-10-8-16(9-11-33)30-14-15-12-19(20(36-4)13-17(15)29)32-22(34)18-6-5-7-21(31-18)25(26,27)28/h5-7,12-14,16,29-30H,8-11H2,1-4H3,(H,32,34)/b15-14-,29-17?. The number of piperidine rings is 1. The Balaban J connectivity index is 1.67. The van der Waals surface area contributed by atoms with E-state index in [1.165, 1.54) is 25.3 Å². The molecule has 0 spiro atoms. The van der Waals surface area contributed by atoms with Crippen LogP contribution in [0.25, 0.3) is 0 Å². The number of nitrogens with one attached hydrogen (secondary N) is 3. The van der Waals surface area contributed by atoms with E-state index in [-0.39, 0.29) is 29.3 Å². The number of allylic oxidation sites excluding steroid dienone is 3. The zero-order chi connectivity index (χ0) is 27.4. The van der Waals surface area contributed by atoms with Crippen LogP contribution in [0, 0.1) is 5.41 Å². The van der Waals surface area contributed by atoms with Crippen LogP contribution in [0.2, 0.25) is 0 Å². The lowest BCUT2D eigenvalue weighted by molar-refractivity contribution is -0.141. The first kappa shape index (κ1) is 27.8. The molecule has 0 saturated carbocycles. The van der Waals surface area contributed by atoms with Crippen LogP contribution in [0.15, 0.2) is 53.6 Å². The largest absolute Gasteiger partial charge is 0.494 e. The van der Waals surface area contributed by atoms with E-state index in [1.807, 2.05) is 20.8 Å². The van der Waals surface area contributed by atoms with Gasteiger partial charge in [0.1, 0.15) is 22.7 Å². The van der Waals surface area contributed by atoms with Crippen molar-refractivity contribution < 1.29 is 32.2 Å². The summed E-state index contributed by atoms with van der Waals surface area (Å²) in [4.78, 5) is 29.9. The van der Waals surface area contributed by atoms with Crippen molar-refractivity contribution in [1.29, 1.82) is 5.41 Å². The minimum Gasteiger partial charge on any atom is -0.494 e. The number of amides is 2. The second-order valence-electron chi connectivity index (χ2n) is 9.55. The number of carbonyl (C=O) groups is 2. The van der Waals surface area contributed by atoms with Crippen LogP contribution in [0.3, 0.4) is 0 Å². The molecule has 0 unspecified atom stereocenters. The average Bonchev–Trinajstić information content (AvgIpc) is 2.82. The first-order valence-electron chi connectivity index (χ1n) is 11.6. The Morgan fingerprint density at radius 1 is 1.16 bits per heavy atom. The van der Waals surface area contributed by atoms with E-state index in [0.717, 1.165) is 12.1 Å². The van der Waals surface area contributed by atoms with E-state index in [1.54, 1.807) is 11.1 Å². The maximum atomic E-state index is 13.0. The molecular formula is C25H30F3N5O4. The molecule has 0 bridgehead atoms. The predicted molar refractivity (Wildman–Crippen MR) is 130 cm³/mol. The molecule has 2 heterocycles. The summed E-state index contributed by atoms with van der Waals surface area (Å²) in [5.41, 5.74) is -1.43. The van der Waals surface area contributed by atoms with E-state index in [9.17, 15) is 22.8 Å². The third-order valence-electron chi connectivity index (χ3n) is 5.51. The molecule has 1 aliphatic carbocycles. The Morgan fingerprint density at radius 2 is 1.84 bits per heavy atom. The van der Waals surface area contributed by atoms with Gasteiger partial charge in [-0.1, -0.05) is 6.07 Å². The Bertz CT molecular complexity index is 1140. The monoisotopic (exact) mass is 521 g/mol. The predicted octanol–water partition coefficient (Wildman–Crippen LogP) is 4.15. The highest BCUT2D eigenvalue weighted by atomic mass is 19.4. The van der Waals surface area contributed by atoms with Gasteiger partial charge in [0.15, 0.2) is 0 Å². The molecule has 3 N–H and O–H groups in total. The van der Waals surface area contributed by atoms with Crippen LogP contribution in [0.5, 0.6) is 0 Å². The van der Waals surface area contributed by atoms with Crippen molar-refractivity contribution in [2.24, 2.45) is 0 Å². The van der Waals surface area contributed by atoms with Crippen LogP contribution in [-0.2, 0) is 15.7 Å².